The van der Waals surface area contributed by atoms with E-state index in [9.17, 15) is 0 Å². The van der Waals surface area contributed by atoms with Crippen molar-refractivity contribution in [2.45, 2.75) is 6.54 Å². The molecule has 0 unspecified atom stereocenters. The minimum atomic E-state index is 0.330. The molecule has 8 heteroatoms. The average molecular weight is 299 g/mol. The van der Waals surface area contributed by atoms with Gasteiger partial charge in [-0.25, -0.2) is 4.68 Å². The van der Waals surface area contributed by atoms with Gasteiger partial charge in [0.2, 0.25) is 11.7 Å². The van der Waals surface area contributed by atoms with Crippen LogP contribution in [0.1, 0.15) is 5.89 Å². The molecular formula is C14H13N5O3. The van der Waals surface area contributed by atoms with E-state index in [0.717, 1.165) is 11.3 Å². The standard InChI is InChI=1S/C14H13N5O3/c15-12-3-4-16-19(12)8-13-17-14(18-22-13)9-1-2-10-11(7-9)21-6-5-20-10/h1-4,7H,5-6,8,15H2. The number of rotatable bonds is 3. The predicted octanol–water partition coefficient (Wildman–Crippen LogP) is 1.33. The van der Waals surface area contributed by atoms with Gasteiger partial charge >= 0.3 is 0 Å². The fourth-order valence-electron chi connectivity index (χ4n) is 2.22. The first-order valence-corrected chi connectivity index (χ1v) is 6.79. The molecule has 112 valence electrons. The van der Waals surface area contributed by atoms with Gasteiger partial charge in [-0.2, -0.15) is 10.1 Å². The van der Waals surface area contributed by atoms with Crippen LogP contribution in [0.15, 0.2) is 35.0 Å². The number of benzene rings is 1. The van der Waals surface area contributed by atoms with Gasteiger partial charge in [0, 0.05) is 5.56 Å². The predicted molar refractivity (Wildman–Crippen MR) is 76.5 cm³/mol. The summed E-state index contributed by atoms with van der Waals surface area (Å²) in [5, 5.41) is 8.06. The zero-order valence-corrected chi connectivity index (χ0v) is 11.6. The first-order valence-electron chi connectivity index (χ1n) is 6.79. The molecule has 0 atom stereocenters. The number of hydrogen-bond donors (Lipinski definition) is 1. The van der Waals surface area contributed by atoms with E-state index in [1.54, 1.807) is 16.9 Å². The van der Waals surface area contributed by atoms with Gasteiger partial charge in [0.05, 0.1) is 6.20 Å². The Labute approximate surface area is 125 Å². The van der Waals surface area contributed by atoms with Gasteiger partial charge in [-0.15, -0.1) is 0 Å². The SMILES string of the molecule is Nc1ccnn1Cc1nc(-c2ccc3c(c2)OCCO3)no1. The van der Waals surface area contributed by atoms with E-state index in [-0.39, 0.29) is 0 Å². The third kappa shape index (κ3) is 2.24. The number of nitrogens with zero attached hydrogens (tertiary/aromatic N) is 4. The first kappa shape index (κ1) is 12.7. The molecule has 0 saturated carbocycles. The molecule has 3 heterocycles. The number of nitrogens with two attached hydrogens (primary N) is 1. The molecule has 8 nitrogen and oxygen atoms in total. The van der Waals surface area contributed by atoms with Crippen molar-refractivity contribution in [2.24, 2.45) is 0 Å². The summed E-state index contributed by atoms with van der Waals surface area (Å²) in [5.74, 6) is 2.87. The molecule has 0 bridgehead atoms. The van der Waals surface area contributed by atoms with Crippen LogP contribution in [0.25, 0.3) is 11.4 Å². The summed E-state index contributed by atoms with van der Waals surface area (Å²) >= 11 is 0. The quantitative estimate of drug-likeness (QED) is 0.778. The van der Waals surface area contributed by atoms with Crippen LogP contribution in [0.3, 0.4) is 0 Å². The molecular weight excluding hydrogens is 286 g/mol. The highest BCUT2D eigenvalue weighted by atomic mass is 16.6. The Morgan fingerprint density at radius 3 is 2.82 bits per heavy atom. The van der Waals surface area contributed by atoms with E-state index in [0.29, 0.717) is 43.0 Å². The molecule has 1 aliphatic rings. The smallest absolute Gasteiger partial charge is 0.248 e. The molecule has 0 aliphatic carbocycles. The Bertz CT molecular complexity index is 810. The van der Waals surface area contributed by atoms with Crippen molar-refractivity contribution in [1.29, 1.82) is 0 Å². The van der Waals surface area contributed by atoms with Crippen molar-refractivity contribution in [2.75, 3.05) is 18.9 Å². The van der Waals surface area contributed by atoms with E-state index < -0.39 is 0 Å². The zero-order chi connectivity index (χ0) is 14.9. The van der Waals surface area contributed by atoms with Gasteiger partial charge in [-0.1, -0.05) is 5.16 Å². The number of aromatic nitrogens is 4. The summed E-state index contributed by atoms with van der Waals surface area (Å²) in [6, 6.07) is 7.25. The second kappa shape index (κ2) is 5.06. The molecule has 0 radical (unpaired) electrons. The van der Waals surface area contributed by atoms with Crippen LogP contribution in [0.4, 0.5) is 5.82 Å². The Kier molecular flexibility index (Phi) is 2.92. The van der Waals surface area contributed by atoms with Crippen molar-refractivity contribution >= 4 is 5.82 Å². The number of hydrogen-bond acceptors (Lipinski definition) is 7. The summed E-state index contributed by atoms with van der Waals surface area (Å²) in [5.41, 5.74) is 6.56. The second-order valence-electron chi connectivity index (χ2n) is 4.78. The van der Waals surface area contributed by atoms with Crippen LogP contribution in [0.5, 0.6) is 11.5 Å². The van der Waals surface area contributed by atoms with Crippen molar-refractivity contribution in [3.05, 3.63) is 36.4 Å². The Morgan fingerprint density at radius 1 is 1.14 bits per heavy atom. The lowest BCUT2D eigenvalue weighted by Gasteiger charge is -2.18. The minimum absolute atomic E-state index is 0.330. The summed E-state index contributed by atoms with van der Waals surface area (Å²) in [6.45, 7) is 1.42. The van der Waals surface area contributed by atoms with Crippen LogP contribution < -0.4 is 15.2 Å². The molecule has 1 aliphatic heterocycles. The third-order valence-corrected chi connectivity index (χ3v) is 3.30. The fourth-order valence-corrected chi connectivity index (χ4v) is 2.22. The summed E-state index contributed by atoms with van der Waals surface area (Å²) in [7, 11) is 0. The molecule has 2 N–H and O–H groups in total. The van der Waals surface area contributed by atoms with E-state index in [2.05, 4.69) is 15.2 Å². The van der Waals surface area contributed by atoms with E-state index in [4.69, 9.17) is 19.7 Å². The van der Waals surface area contributed by atoms with Crippen molar-refractivity contribution in [3.8, 4) is 22.9 Å². The van der Waals surface area contributed by atoms with Gasteiger partial charge in [0.25, 0.3) is 0 Å². The van der Waals surface area contributed by atoms with Gasteiger partial charge in [0.1, 0.15) is 25.6 Å². The van der Waals surface area contributed by atoms with E-state index in [1.807, 2.05) is 18.2 Å². The second-order valence-corrected chi connectivity index (χ2v) is 4.78. The van der Waals surface area contributed by atoms with E-state index >= 15 is 0 Å². The molecule has 22 heavy (non-hydrogen) atoms. The minimum Gasteiger partial charge on any atom is -0.486 e. The third-order valence-electron chi connectivity index (χ3n) is 3.30. The lowest BCUT2D eigenvalue weighted by atomic mass is 10.2. The summed E-state index contributed by atoms with van der Waals surface area (Å²) < 4.78 is 17.9. The van der Waals surface area contributed by atoms with Crippen LogP contribution >= 0.6 is 0 Å². The summed E-state index contributed by atoms with van der Waals surface area (Å²) in [4.78, 5) is 4.35. The maximum absolute atomic E-state index is 5.76. The van der Waals surface area contributed by atoms with Gasteiger partial charge in [0.15, 0.2) is 11.5 Å². The topological polar surface area (TPSA) is 101 Å². The van der Waals surface area contributed by atoms with E-state index in [1.165, 1.54) is 0 Å². The first-order chi connectivity index (χ1) is 10.8. The van der Waals surface area contributed by atoms with Crippen LogP contribution in [-0.2, 0) is 6.54 Å². The normalized spacial score (nSPS) is 13.3. The van der Waals surface area contributed by atoms with Gasteiger partial charge in [-0.05, 0) is 24.3 Å². The van der Waals surface area contributed by atoms with Crippen LogP contribution in [0.2, 0.25) is 0 Å². The molecule has 3 aromatic rings. The molecule has 0 saturated heterocycles. The largest absolute Gasteiger partial charge is 0.486 e. The molecule has 2 aromatic heterocycles. The van der Waals surface area contributed by atoms with Crippen LogP contribution in [0, 0.1) is 0 Å². The lowest BCUT2D eigenvalue weighted by Crippen LogP contribution is -2.15. The highest BCUT2D eigenvalue weighted by molar-refractivity contribution is 5.60. The molecule has 1 aromatic carbocycles. The lowest BCUT2D eigenvalue weighted by molar-refractivity contribution is 0.171. The Morgan fingerprint density at radius 2 is 2.00 bits per heavy atom. The average Bonchev–Trinajstić information content (AvgIpc) is 3.17. The van der Waals surface area contributed by atoms with Crippen molar-refractivity contribution in [3.63, 3.8) is 0 Å². The molecule has 4 rings (SSSR count). The van der Waals surface area contributed by atoms with Gasteiger partial charge < -0.3 is 19.7 Å². The molecule has 0 spiro atoms. The Balaban J connectivity index is 1.60. The summed E-state index contributed by atoms with van der Waals surface area (Å²) in [6.07, 6.45) is 1.62. The van der Waals surface area contributed by atoms with Crippen LogP contribution in [-0.4, -0.2) is 33.1 Å². The maximum atomic E-state index is 5.76. The number of nitrogen functional groups attached to an aromatic ring is 1. The Hall–Kier alpha value is -3.03. The zero-order valence-electron chi connectivity index (χ0n) is 11.6. The maximum Gasteiger partial charge on any atom is 0.248 e. The molecule has 0 amide bonds. The number of fused-ring (bicyclic) bond motifs is 1. The van der Waals surface area contributed by atoms with Gasteiger partial charge in [-0.3, -0.25) is 0 Å². The number of anilines is 1. The highest BCUT2D eigenvalue weighted by Crippen LogP contribution is 2.33. The fraction of sp³-hybridized carbons (Fsp3) is 0.214. The number of ether oxygens (including phenoxy) is 2. The van der Waals surface area contributed by atoms with Crippen molar-refractivity contribution < 1.29 is 14.0 Å². The highest BCUT2D eigenvalue weighted by Gasteiger charge is 2.15. The van der Waals surface area contributed by atoms with Crippen molar-refractivity contribution in [1.82, 2.24) is 19.9 Å². The molecule has 0 fully saturated rings. The monoisotopic (exact) mass is 299 g/mol.